The number of rotatable bonds is 1. The highest BCUT2D eigenvalue weighted by molar-refractivity contribution is 5.22. The molecule has 0 saturated carbocycles. The van der Waals surface area contributed by atoms with Crippen molar-refractivity contribution in [3.05, 3.63) is 35.9 Å². The summed E-state index contributed by atoms with van der Waals surface area (Å²) < 4.78 is 59.3. The zero-order valence-electron chi connectivity index (χ0n) is 9.17. The van der Waals surface area contributed by atoms with Gasteiger partial charge in [0.25, 0.3) is 0 Å². The van der Waals surface area contributed by atoms with Gasteiger partial charge in [0.05, 0.1) is 6.61 Å². The van der Waals surface area contributed by atoms with Crippen molar-refractivity contribution in [1.29, 1.82) is 0 Å². The number of hydrogen-bond acceptors (Lipinski definition) is 1. The third kappa shape index (κ3) is 1.82. The molecule has 1 aliphatic rings. The van der Waals surface area contributed by atoms with Gasteiger partial charge in [-0.2, -0.15) is 17.6 Å². The fraction of sp³-hybridized carbons (Fsp3) is 0.500. The summed E-state index contributed by atoms with van der Waals surface area (Å²) in [5.74, 6) is -9.73. The SMILES string of the molecule is C[C@H]1CO[C@H](c2ccccc2)C(F)(F)C1(F)F. The molecule has 2 rings (SSSR count). The normalized spacial score (nSPS) is 31.1. The molecule has 0 bridgehead atoms. The van der Waals surface area contributed by atoms with Gasteiger partial charge in [0.15, 0.2) is 6.10 Å². The highest BCUT2D eigenvalue weighted by Gasteiger charge is 2.67. The number of benzene rings is 1. The monoisotopic (exact) mass is 248 g/mol. The molecule has 1 fully saturated rings. The molecule has 1 aromatic carbocycles. The van der Waals surface area contributed by atoms with Crippen LogP contribution >= 0.6 is 0 Å². The van der Waals surface area contributed by atoms with Gasteiger partial charge in [0.1, 0.15) is 0 Å². The van der Waals surface area contributed by atoms with E-state index in [0.29, 0.717) is 0 Å². The first-order valence-electron chi connectivity index (χ1n) is 5.29. The zero-order chi connectivity index (χ0) is 12.7. The van der Waals surface area contributed by atoms with Gasteiger partial charge in [-0.3, -0.25) is 0 Å². The number of ether oxygens (including phenoxy) is 1. The van der Waals surface area contributed by atoms with Crippen LogP contribution < -0.4 is 0 Å². The van der Waals surface area contributed by atoms with Crippen LogP contribution in [0, 0.1) is 5.92 Å². The maximum atomic E-state index is 13.7. The first-order chi connectivity index (χ1) is 7.87. The summed E-state index contributed by atoms with van der Waals surface area (Å²) in [5, 5.41) is 0. The highest BCUT2D eigenvalue weighted by Crippen LogP contribution is 2.52. The third-order valence-corrected chi connectivity index (χ3v) is 3.01. The third-order valence-electron chi connectivity index (χ3n) is 3.01. The Hall–Kier alpha value is -1.10. The van der Waals surface area contributed by atoms with E-state index in [0.717, 1.165) is 6.92 Å². The summed E-state index contributed by atoms with van der Waals surface area (Å²) in [6.45, 7) is 0.692. The van der Waals surface area contributed by atoms with E-state index in [1.54, 1.807) is 6.07 Å². The predicted octanol–water partition coefficient (Wildman–Crippen LogP) is 3.66. The molecule has 1 aromatic rings. The average Bonchev–Trinajstić information content (AvgIpc) is 2.28. The summed E-state index contributed by atoms with van der Waals surface area (Å²) in [4.78, 5) is 0. The van der Waals surface area contributed by atoms with Gasteiger partial charge in [0, 0.05) is 5.92 Å². The fourth-order valence-electron chi connectivity index (χ4n) is 1.89. The Bertz CT molecular complexity index is 391. The molecule has 1 nitrogen and oxygen atoms in total. The van der Waals surface area contributed by atoms with Gasteiger partial charge in [0.2, 0.25) is 0 Å². The second-order valence-electron chi connectivity index (χ2n) is 4.27. The maximum absolute atomic E-state index is 13.7. The largest absolute Gasteiger partial charge is 0.366 e. The Kier molecular flexibility index (Phi) is 2.89. The highest BCUT2D eigenvalue weighted by atomic mass is 19.3. The topological polar surface area (TPSA) is 9.23 Å². The Labute approximate surface area is 96.4 Å². The fourth-order valence-corrected chi connectivity index (χ4v) is 1.89. The van der Waals surface area contributed by atoms with E-state index in [9.17, 15) is 17.6 Å². The van der Waals surface area contributed by atoms with Gasteiger partial charge in [-0.1, -0.05) is 37.3 Å². The van der Waals surface area contributed by atoms with Crippen LogP contribution in [-0.2, 0) is 4.74 Å². The molecule has 0 amide bonds. The van der Waals surface area contributed by atoms with Crippen molar-refractivity contribution in [2.24, 2.45) is 5.92 Å². The molecule has 0 unspecified atom stereocenters. The van der Waals surface area contributed by atoms with Gasteiger partial charge in [-0.25, -0.2) is 0 Å². The number of halogens is 4. The van der Waals surface area contributed by atoms with Crippen molar-refractivity contribution in [3.8, 4) is 0 Å². The minimum Gasteiger partial charge on any atom is -0.366 e. The molecule has 0 spiro atoms. The summed E-state index contributed by atoms with van der Waals surface area (Å²) in [6, 6.07) is 7.40. The van der Waals surface area contributed by atoms with Gasteiger partial charge in [-0.15, -0.1) is 0 Å². The number of hydrogen-bond donors (Lipinski definition) is 0. The van der Waals surface area contributed by atoms with Gasteiger partial charge in [-0.05, 0) is 5.56 Å². The van der Waals surface area contributed by atoms with Crippen molar-refractivity contribution in [3.63, 3.8) is 0 Å². The Balaban J connectivity index is 2.37. The molecule has 0 radical (unpaired) electrons. The molecular weight excluding hydrogens is 236 g/mol. The molecular formula is C12H12F4O. The molecule has 0 N–H and O–H groups in total. The van der Waals surface area contributed by atoms with Crippen LogP contribution in [0.3, 0.4) is 0 Å². The zero-order valence-corrected chi connectivity index (χ0v) is 9.17. The molecule has 1 saturated heterocycles. The molecule has 0 aliphatic carbocycles. The van der Waals surface area contributed by atoms with Crippen LogP contribution in [-0.4, -0.2) is 18.5 Å². The van der Waals surface area contributed by atoms with Crippen LogP contribution in [0.4, 0.5) is 17.6 Å². The summed E-state index contributed by atoms with van der Waals surface area (Å²) in [5.41, 5.74) is 0.0732. The molecule has 94 valence electrons. The van der Waals surface area contributed by atoms with Crippen molar-refractivity contribution < 1.29 is 22.3 Å². The Morgan fingerprint density at radius 1 is 1.06 bits per heavy atom. The van der Waals surface area contributed by atoms with E-state index in [1.807, 2.05) is 0 Å². The van der Waals surface area contributed by atoms with Crippen LogP contribution in [0.25, 0.3) is 0 Å². The minimum absolute atomic E-state index is 0.0732. The molecule has 1 aliphatic heterocycles. The van der Waals surface area contributed by atoms with Crippen LogP contribution in [0.5, 0.6) is 0 Å². The smallest absolute Gasteiger partial charge is 0.340 e. The van der Waals surface area contributed by atoms with Crippen molar-refractivity contribution in [2.75, 3.05) is 6.61 Å². The van der Waals surface area contributed by atoms with E-state index >= 15 is 0 Å². The summed E-state index contributed by atoms with van der Waals surface area (Å²) in [6.07, 6.45) is -1.88. The lowest BCUT2D eigenvalue weighted by molar-refractivity contribution is -0.322. The summed E-state index contributed by atoms with van der Waals surface area (Å²) >= 11 is 0. The van der Waals surface area contributed by atoms with Gasteiger partial charge >= 0.3 is 11.8 Å². The first kappa shape index (κ1) is 12.4. The quantitative estimate of drug-likeness (QED) is 0.689. The number of alkyl halides is 4. The van der Waals surface area contributed by atoms with Crippen molar-refractivity contribution in [1.82, 2.24) is 0 Å². The predicted molar refractivity (Wildman–Crippen MR) is 54.2 cm³/mol. The van der Waals surface area contributed by atoms with Gasteiger partial charge < -0.3 is 4.74 Å². The summed E-state index contributed by atoms with van der Waals surface area (Å²) in [7, 11) is 0. The second-order valence-corrected chi connectivity index (χ2v) is 4.27. The van der Waals surface area contributed by atoms with E-state index in [2.05, 4.69) is 0 Å². The van der Waals surface area contributed by atoms with Crippen molar-refractivity contribution >= 4 is 0 Å². The molecule has 17 heavy (non-hydrogen) atoms. The van der Waals surface area contributed by atoms with E-state index in [-0.39, 0.29) is 12.2 Å². The standard InChI is InChI=1S/C12H12F4O/c1-8-7-17-10(9-5-3-2-4-6-9)12(15,16)11(8,13)14/h2-6,8,10H,7H2,1H3/t8-,10+/m0/s1. The van der Waals surface area contributed by atoms with Crippen LogP contribution in [0.15, 0.2) is 30.3 Å². The van der Waals surface area contributed by atoms with Crippen LogP contribution in [0.1, 0.15) is 18.6 Å². The second kappa shape index (κ2) is 3.98. The lowest BCUT2D eigenvalue weighted by Gasteiger charge is -2.41. The Morgan fingerprint density at radius 3 is 2.24 bits per heavy atom. The minimum atomic E-state index is -4.19. The first-order valence-corrected chi connectivity index (χ1v) is 5.29. The van der Waals surface area contributed by atoms with Crippen LogP contribution in [0.2, 0.25) is 0 Å². The van der Waals surface area contributed by atoms with E-state index < -0.39 is 23.9 Å². The molecule has 2 atom stereocenters. The molecule has 1 heterocycles. The van der Waals surface area contributed by atoms with E-state index in [1.165, 1.54) is 24.3 Å². The Morgan fingerprint density at radius 2 is 1.65 bits per heavy atom. The maximum Gasteiger partial charge on any atom is 0.340 e. The van der Waals surface area contributed by atoms with Crippen molar-refractivity contribution in [2.45, 2.75) is 24.9 Å². The lowest BCUT2D eigenvalue weighted by Crippen LogP contribution is -2.55. The lowest BCUT2D eigenvalue weighted by atomic mass is 9.88. The van der Waals surface area contributed by atoms with E-state index in [4.69, 9.17) is 4.74 Å². The molecule has 5 heteroatoms. The molecule has 0 aromatic heterocycles. The average molecular weight is 248 g/mol.